The lowest BCUT2D eigenvalue weighted by atomic mass is 10.2. The van der Waals surface area contributed by atoms with Crippen LogP contribution in [-0.4, -0.2) is 73.5 Å². The number of nitrogens with one attached hydrogen (secondary N) is 2. The van der Waals surface area contributed by atoms with Gasteiger partial charge < -0.3 is 19.9 Å². The van der Waals surface area contributed by atoms with Gasteiger partial charge in [-0.1, -0.05) is 42.7 Å². The Morgan fingerprint density at radius 1 is 1.35 bits per heavy atom. The van der Waals surface area contributed by atoms with Gasteiger partial charge in [0.2, 0.25) is 11.7 Å². The van der Waals surface area contributed by atoms with Gasteiger partial charge in [-0.2, -0.15) is 4.98 Å². The molecule has 31 heavy (non-hydrogen) atoms. The molecule has 8 nitrogen and oxygen atoms in total. The van der Waals surface area contributed by atoms with Gasteiger partial charge in [0, 0.05) is 56.8 Å². The highest BCUT2D eigenvalue weighted by atomic mass is 127. The first kappa shape index (κ1) is 25.8. The summed E-state index contributed by atoms with van der Waals surface area (Å²) in [5, 5.41) is 11.3. The average Bonchev–Trinajstić information content (AvgIpc) is 3.19. The number of morpholine rings is 1. The van der Waals surface area contributed by atoms with Crippen molar-refractivity contribution in [1.82, 2.24) is 25.7 Å². The molecule has 1 aliphatic heterocycles. The Hall–Kier alpha value is -1.43. The minimum absolute atomic E-state index is 0. The molecular formula is C21H32ClIN6O2. The van der Waals surface area contributed by atoms with Gasteiger partial charge in [-0.05, 0) is 18.1 Å². The predicted molar refractivity (Wildman–Crippen MR) is 134 cm³/mol. The third-order valence-electron chi connectivity index (χ3n) is 4.75. The van der Waals surface area contributed by atoms with Crippen LogP contribution in [0.5, 0.6) is 0 Å². The Morgan fingerprint density at radius 3 is 2.94 bits per heavy atom. The minimum atomic E-state index is 0. The number of hydrogen-bond acceptors (Lipinski definition) is 6. The summed E-state index contributed by atoms with van der Waals surface area (Å²) in [5.41, 5.74) is 0.835. The fourth-order valence-corrected chi connectivity index (χ4v) is 3.60. The second kappa shape index (κ2) is 13.2. The van der Waals surface area contributed by atoms with Crippen LogP contribution in [0.4, 0.5) is 0 Å². The van der Waals surface area contributed by atoms with E-state index in [2.05, 4.69) is 44.5 Å². The summed E-state index contributed by atoms with van der Waals surface area (Å²) in [7, 11) is 1.76. The summed E-state index contributed by atoms with van der Waals surface area (Å²) in [6.07, 6.45) is 0.753. The first-order valence-corrected chi connectivity index (χ1v) is 10.8. The molecule has 1 atom stereocenters. The van der Waals surface area contributed by atoms with E-state index in [1.807, 2.05) is 24.3 Å². The lowest BCUT2D eigenvalue weighted by Gasteiger charge is -2.34. The van der Waals surface area contributed by atoms with Crippen LogP contribution in [0.25, 0.3) is 11.4 Å². The summed E-state index contributed by atoms with van der Waals surface area (Å²) in [4.78, 5) is 11.2. The Bertz CT molecular complexity index is 832. The predicted octanol–water partition coefficient (Wildman–Crippen LogP) is 3.07. The molecule has 1 saturated heterocycles. The van der Waals surface area contributed by atoms with E-state index < -0.39 is 0 Å². The molecule has 2 N–H and O–H groups in total. The topological polar surface area (TPSA) is 87.8 Å². The standard InChI is InChI=1S/C21H31ClN6O2.HI/c1-15(2)13-28-9-10-29-18(14-28)12-25-21(23-3)24-8-7-19-26-20(27-30-19)16-5-4-6-17(22)11-16;/h4-6,11,15,18H,7-10,12-14H2,1-3H3,(H2,23,24,25);1H. The van der Waals surface area contributed by atoms with Crippen LogP contribution in [0.2, 0.25) is 5.02 Å². The minimum Gasteiger partial charge on any atom is -0.374 e. The Morgan fingerprint density at radius 2 is 2.19 bits per heavy atom. The van der Waals surface area contributed by atoms with E-state index in [-0.39, 0.29) is 30.1 Å². The number of ether oxygens (including phenoxy) is 1. The number of aliphatic imine (C=N–C) groups is 1. The SMILES string of the molecule is CN=C(NCCc1nc(-c2cccc(Cl)c2)no1)NCC1CN(CC(C)C)CCO1.I. The van der Waals surface area contributed by atoms with E-state index in [1.165, 1.54) is 0 Å². The van der Waals surface area contributed by atoms with E-state index in [1.54, 1.807) is 7.05 Å². The van der Waals surface area contributed by atoms with Crippen LogP contribution in [-0.2, 0) is 11.2 Å². The molecule has 0 bridgehead atoms. The van der Waals surface area contributed by atoms with E-state index in [0.717, 1.165) is 37.8 Å². The Kier molecular flexibility index (Phi) is 11.0. The third-order valence-corrected chi connectivity index (χ3v) is 4.98. The van der Waals surface area contributed by atoms with Crippen molar-refractivity contribution >= 4 is 41.5 Å². The van der Waals surface area contributed by atoms with Crippen molar-refractivity contribution in [3.8, 4) is 11.4 Å². The molecule has 3 rings (SSSR count). The van der Waals surface area contributed by atoms with Crippen molar-refractivity contribution in [2.24, 2.45) is 10.9 Å². The molecule has 1 unspecified atom stereocenters. The normalized spacial score (nSPS) is 17.5. The van der Waals surface area contributed by atoms with Gasteiger partial charge in [0.15, 0.2) is 5.96 Å². The lowest BCUT2D eigenvalue weighted by molar-refractivity contribution is -0.0284. The maximum absolute atomic E-state index is 6.02. The van der Waals surface area contributed by atoms with Crippen LogP contribution in [0.15, 0.2) is 33.8 Å². The molecule has 1 fully saturated rings. The quantitative estimate of drug-likeness (QED) is 0.290. The van der Waals surface area contributed by atoms with Crippen LogP contribution in [0.1, 0.15) is 19.7 Å². The molecule has 2 heterocycles. The molecule has 0 saturated carbocycles. The molecule has 1 aliphatic rings. The maximum atomic E-state index is 6.02. The molecular weight excluding hydrogens is 531 g/mol. The van der Waals surface area contributed by atoms with Crippen molar-refractivity contribution in [1.29, 1.82) is 0 Å². The second-order valence-corrected chi connectivity index (χ2v) is 8.23. The molecule has 0 spiro atoms. The number of halogens is 2. The fourth-order valence-electron chi connectivity index (χ4n) is 3.41. The number of rotatable bonds is 8. The number of benzene rings is 1. The van der Waals surface area contributed by atoms with E-state index in [0.29, 0.717) is 42.2 Å². The average molecular weight is 563 g/mol. The molecule has 0 amide bonds. The molecule has 1 aromatic heterocycles. The molecule has 2 aromatic rings. The van der Waals surface area contributed by atoms with Crippen molar-refractivity contribution in [2.45, 2.75) is 26.4 Å². The summed E-state index contributed by atoms with van der Waals surface area (Å²) in [5.74, 6) is 2.49. The van der Waals surface area contributed by atoms with E-state index in [4.69, 9.17) is 20.9 Å². The van der Waals surface area contributed by atoms with Gasteiger partial charge >= 0.3 is 0 Å². The summed E-state index contributed by atoms with van der Waals surface area (Å²) >= 11 is 6.02. The van der Waals surface area contributed by atoms with Gasteiger partial charge in [-0.15, -0.1) is 24.0 Å². The largest absolute Gasteiger partial charge is 0.374 e. The number of aromatic nitrogens is 2. The number of guanidine groups is 1. The van der Waals surface area contributed by atoms with Gasteiger partial charge in [0.05, 0.1) is 12.7 Å². The van der Waals surface area contributed by atoms with E-state index >= 15 is 0 Å². The van der Waals surface area contributed by atoms with Crippen LogP contribution in [0.3, 0.4) is 0 Å². The summed E-state index contributed by atoms with van der Waals surface area (Å²) < 4.78 is 11.2. The van der Waals surface area contributed by atoms with Crippen LogP contribution < -0.4 is 10.6 Å². The molecule has 10 heteroatoms. The molecule has 0 radical (unpaired) electrons. The van der Waals surface area contributed by atoms with Gasteiger partial charge in [-0.25, -0.2) is 0 Å². The highest BCUT2D eigenvalue weighted by Gasteiger charge is 2.21. The monoisotopic (exact) mass is 562 g/mol. The number of nitrogens with zero attached hydrogens (tertiary/aromatic N) is 4. The van der Waals surface area contributed by atoms with Crippen molar-refractivity contribution in [3.05, 3.63) is 35.2 Å². The van der Waals surface area contributed by atoms with Crippen molar-refractivity contribution in [2.75, 3.05) is 46.4 Å². The highest BCUT2D eigenvalue weighted by molar-refractivity contribution is 14.0. The fraction of sp³-hybridized carbons (Fsp3) is 0.571. The van der Waals surface area contributed by atoms with E-state index in [9.17, 15) is 0 Å². The maximum Gasteiger partial charge on any atom is 0.228 e. The number of hydrogen-bond donors (Lipinski definition) is 2. The Labute approximate surface area is 206 Å². The first-order valence-electron chi connectivity index (χ1n) is 10.4. The third kappa shape index (κ3) is 8.55. The second-order valence-electron chi connectivity index (χ2n) is 7.80. The van der Waals surface area contributed by atoms with Gasteiger partial charge in [0.25, 0.3) is 0 Å². The zero-order valence-corrected chi connectivity index (χ0v) is 21.4. The molecule has 1 aromatic carbocycles. The van der Waals surface area contributed by atoms with Crippen molar-refractivity contribution < 1.29 is 9.26 Å². The first-order chi connectivity index (χ1) is 14.5. The Balaban J connectivity index is 0.00000341. The molecule has 0 aliphatic carbocycles. The van der Waals surface area contributed by atoms with Crippen LogP contribution >= 0.6 is 35.6 Å². The van der Waals surface area contributed by atoms with Gasteiger partial charge in [-0.3, -0.25) is 9.89 Å². The van der Waals surface area contributed by atoms with Crippen molar-refractivity contribution in [3.63, 3.8) is 0 Å². The lowest BCUT2D eigenvalue weighted by Crippen LogP contribution is -2.50. The molecule has 172 valence electrons. The highest BCUT2D eigenvalue weighted by Crippen LogP contribution is 2.19. The van der Waals surface area contributed by atoms with Gasteiger partial charge in [0.1, 0.15) is 0 Å². The summed E-state index contributed by atoms with van der Waals surface area (Å²) in [6, 6.07) is 7.40. The van der Waals surface area contributed by atoms with Crippen LogP contribution in [0, 0.1) is 5.92 Å². The summed E-state index contributed by atoms with van der Waals surface area (Å²) in [6.45, 7) is 9.66. The zero-order chi connectivity index (χ0) is 21.3. The smallest absolute Gasteiger partial charge is 0.228 e. The zero-order valence-electron chi connectivity index (χ0n) is 18.3.